The smallest absolute Gasteiger partial charge is 0.261 e. The van der Waals surface area contributed by atoms with Gasteiger partial charge in [0.05, 0.1) is 5.56 Å². The number of nitrogens with zero attached hydrogens (tertiary/aromatic N) is 1. The molecule has 0 amide bonds. The van der Waals surface area contributed by atoms with Crippen LogP contribution in [0.5, 0.6) is 0 Å². The molecule has 0 atom stereocenters. The van der Waals surface area contributed by atoms with Crippen LogP contribution in [0.25, 0.3) is 0 Å². The van der Waals surface area contributed by atoms with E-state index in [0.717, 1.165) is 11.3 Å². The van der Waals surface area contributed by atoms with E-state index in [1.807, 2.05) is 13.0 Å². The molecule has 70 valence electrons. The Hall–Kier alpha value is -1.58. The van der Waals surface area contributed by atoms with E-state index in [4.69, 9.17) is 11.1 Å². The maximum atomic E-state index is 11.6. The highest BCUT2D eigenvalue weighted by atomic mass is 16.1. The lowest BCUT2D eigenvalue weighted by atomic mass is 10.1. The van der Waals surface area contributed by atoms with Gasteiger partial charge in [-0.05, 0) is 25.5 Å². The summed E-state index contributed by atoms with van der Waals surface area (Å²) in [6.07, 6.45) is 0. The molecule has 0 radical (unpaired) electrons. The molecule has 0 saturated heterocycles. The van der Waals surface area contributed by atoms with Crippen LogP contribution in [0.4, 0.5) is 0 Å². The monoisotopic (exact) mass is 179 g/mol. The largest absolute Gasteiger partial charge is 0.384 e. The first-order chi connectivity index (χ1) is 5.95. The first kappa shape index (κ1) is 9.51. The van der Waals surface area contributed by atoms with Gasteiger partial charge in [-0.2, -0.15) is 0 Å². The molecule has 1 aromatic heterocycles. The number of nitrogens with one attached hydrogen (secondary N) is 1. The van der Waals surface area contributed by atoms with Gasteiger partial charge in [-0.3, -0.25) is 10.2 Å². The van der Waals surface area contributed by atoms with E-state index in [1.165, 1.54) is 4.57 Å². The molecule has 0 unspecified atom stereocenters. The van der Waals surface area contributed by atoms with Crippen molar-refractivity contribution in [3.63, 3.8) is 0 Å². The second-order valence-electron chi connectivity index (χ2n) is 3.12. The van der Waals surface area contributed by atoms with Gasteiger partial charge in [0, 0.05) is 12.7 Å². The maximum Gasteiger partial charge on any atom is 0.261 e. The number of rotatable bonds is 1. The van der Waals surface area contributed by atoms with Crippen LogP contribution < -0.4 is 11.3 Å². The van der Waals surface area contributed by atoms with Crippen LogP contribution in [0.3, 0.4) is 0 Å². The summed E-state index contributed by atoms with van der Waals surface area (Å²) in [6.45, 7) is 3.63. The molecule has 4 heteroatoms. The van der Waals surface area contributed by atoms with Gasteiger partial charge in [-0.1, -0.05) is 0 Å². The summed E-state index contributed by atoms with van der Waals surface area (Å²) < 4.78 is 1.49. The first-order valence-electron chi connectivity index (χ1n) is 3.96. The van der Waals surface area contributed by atoms with E-state index < -0.39 is 0 Å². The molecule has 0 bridgehead atoms. The summed E-state index contributed by atoms with van der Waals surface area (Å²) in [5.41, 5.74) is 7.03. The van der Waals surface area contributed by atoms with E-state index in [1.54, 1.807) is 14.0 Å². The van der Waals surface area contributed by atoms with Crippen LogP contribution in [0, 0.1) is 19.3 Å². The van der Waals surface area contributed by atoms with Crippen LogP contribution in [0.15, 0.2) is 10.9 Å². The van der Waals surface area contributed by atoms with Gasteiger partial charge in [0.1, 0.15) is 5.84 Å². The van der Waals surface area contributed by atoms with Gasteiger partial charge in [0.15, 0.2) is 0 Å². The summed E-state index contributed by atoms with van der Waals surface area (Å²) >= 11 is 0. The molecule has 0 spiro atoms. The quantitative estimate of drug-likeness (QED) is 0.480. The Bertz CT molecular complexity index is 418. The van der Waals surface area contributed by atoms with E-state index >= 15 is 0 Å². The van der Waals surface area contributed by atoms with Crippen molar-refractivity contribution in [2.45, 2.75) is 13.8 Å². The fourth-order valence-electron chi connectivity index (χ4n) is 1.31. The minimum absolute atomic E-state index is 0.168. The summed E-state index contributed by atoms with van der Waals surface area (Å²) in [4.78, 5) is 11.6. The lowest BCUT2D eigenvalue weighted by Gasteiger charge is -2.08. The zero-order chi connectivity index (χ0) is 10.2. The predicted octanol–water partition coefficient (Wildman–Crippen LogP) is 0.286. The molecule has 1 rings (SSSR count). The molecule has 3 N–H and O–H groups in total. The minimum atomic E-state index is -0.204. The fourth-order valence-corrected chi connectivity index (χ4v) is 1.31. The number of amidine groups is 1. The van der Waals surface area contributed by atoms with Crippen molar-refractivity contribution in [2.75, 3.05) is 0 Å². The van der Waals surface area contributed by atoms with Gasteiger partial charge in [0.25, 0.3) is 5.56 Å². The lowest BCUT2D eigenvalue weighted by Crippen LogP contribution is -2.30. The van der Waals surface area contributed by atoms with E-state index in [0.29, 0.717) is 5.56 Å². The zero-order valence-electron chi connectivity index (χ0n) is 8.01. The molecule has 0 aromatic carbocycles. The maximum absolute atomic E-state index is 11.6. The van der Waals surface area contributed by atoms with Gasteiger partial charge in [0.2, 0.25) is 0 Å². The highest BCUT2D eigenvalue weighted by Gasteiger charge is 2.09. The SMILES string of the molecule is Cc1cc(C)n(C)c(=O)c1C(=N)N. The lowest BCUT2D eigenvalue weighted by molar-refractivity contribution is 0.811. The number of hydrogen-bond acceptors (Lipinski definition) is 2. The number of aryl methyl sites for hydroxylation is 2. The Morgan fingerprint density at radius 2 is 2.08 bits per heavy atom. The number of aromatic nitrogens is 1. The Kier molecular flexibility index (Phi) is 2.23. The van der Waals surface area contributed by atoms with Crippen molar-refractivity contribution in [1.82, 2.24) is 4.57 Å². The Morgan fingerprint density at radius 1 is 1.54 bits per heavy atom. The summed E-state index contributed by atoms with van der Waals surface area (Å²) in [7, 11) is 1.67. The van der Waals surface area contributed by atoms with Crippen molar-refractivity contribution in [2.24, 2.45) is 12.8 Å². The molecule has 1 aromatic rings. The zero-order valence-corrected chi connectivity index (χ0v) is 8.01. The Balaban J connectivity index is 3.63. The molecule has 1 heterocycles. The summed E-state index contributed by atoms with van der Waals surface area (Å²) in [5, 5.41) is 7.25. The molecule has 13 heavy (non-hydrogen) atoms. The Morgan fingerprint density at radius 3 is 2.54 bits per heavy atom. The molecule has 0 fully saturated rings. The predicted molar refractivity (Wildman–Crippen MR) is 52.2 cm³/mol. The summed E-state index contributed by atoms with van der Waals surface area (Å²) in [5.74, 6) is -0.168. The topological polar surface area (TPSA) is 71.9 Å². The molecule has 0 saturated carbocycles. The van der Waals surface area contributed by atoms with E-state index in [-0.39, 0.29) is 11.4 Å². The van der Waals surface area contributed by atoms with Crippen molar-refractivity contribution < 1.29 is 0 Å². The number of pyridine rings is 1. The highest BCUT2D eigenvalue weighted by Crippen LogP contribution is 2.03. The summed E-state index contributed by atoms with van der Waals surface area (Å²) in [6, 6.07) is 1.85. The third-order valence-electron chi connectivity index (χ3n) is 2.14. The van der Waals surface area contributed by atoms with Crippen molar-refractivity contribution in [1.29, 1.82) is 5.41 Å². The van der Waals surface area contributed by atoms with Crippen molar-refractivity contribution in [3.05, 3.63) is 33.2 Å². The first-order valence-corrected chi connectivity index (χ1v) is 3.96. The third-order valence-corrected chi connectivity index (χ3v) is 2.14. The average Bonchev–Trinajstić information content (AvgIpc) is 1.99. The molecule has 0 aliphatic carbocycles. The molecule has 4 nitrogen and oxygen atoms in total. The van der Waals surface area contributed by atoms with E-state index in [9.17, 15) is 4.79 Å². The number of hydrogen-bond donors (Lipinski definition) is 2. The molecule has 0 aliphatic heterocycles. The van der Waals surface area contributed by atoms with Gasteiger partial charge < -0.3 is 10.3 Å². The average molecular weight is 179 g/mol. The van der Waals surface area contributed by atoms with Gasteiger partial charge in [-0.25, -0.2) is 0 Å². The van der Waals surface area contributed by atoms with Gasteiger partial charge in [-0.15, -0.1) is 0 Å². The van der Waals surface area contributed by atoms with Crippen LogP contribution in [0.2, 0.25) is 0 Å². The minimum Gasteiger partial charge on any atom is -0.384 e. The third kappa shape index (κ3) is 1.47. The van der Waals surface area contributed by atoms with Crippen molar-refractivity contribution >= 4 is 5.84 Å². The second kappa shape index (κ2) is 3.05. The Labute approximate surface area is 76.5 Å². The standard InChI is InChI=1S/C9H13N3O/c1-5-4-6(2)12(3)9(13)7(5)8(10)11/h4H,1-3H3,(H3,10,11). The van der Waals surface area contributed by atoms with Crippen LogP contribution in [-0.2, 0) is 7.05 Å². The van der Waals surface area contributed by atoms with Gasteiger partial charge >= 0.3 is 0 Å². The van der Waals surface area contributed by atoms with Crippen molar-refractivity contribution in [3.8, 4) is 0 Å². The molecule has 0 aliphatic rings. The number of nitrogens with two attached hydrogens (primary N) is 1. The number of nitrogen functional groups attached to an aromatic ring is 1. The normalized spacial score (nSPS) is 10.1. The van der Waals surface area contributed by atoms with Crippen LogP contribution in [0.1, 0.15) is 16.8 Å². The van der Waals surface area contributed by atoms with E-state index in [2.05, 4.69) is 0 Å². The highest BCUT2D eigenvalue weighted by molar-refractivity contribution is 5.95. The van der Waals surface area contributed by atoms with Crippen LogP contribution >= 0.6 is 0 Å². The molecular weight excluding hydrogens is 166 g/mol. The fraction of sp³-hybridized carbons (Fsp3) is 0.333. The molecular formula is C9H13N3O. The second-order valence-corrected chi connectivity index (χ2v) is 3.12. The van der Waals surface area contributed by atoms with Crippen LogP contribution in [-0.4, -0.2) is 10.4 Å².